The molecule has 0 bridgehead atoms. The molecule has 0 aliphatic rings. The van der Waals surface area contributed by atoms with E-state index in [4.69, 9.17) is 5.26 Å². The average molecular weight is 222 g/mol. The molecule has 1 unspecified atom stereocenters. The lowest BCUT2D eigenvalue weighted by molar-refractivity contribution is -0.122. The molecule has 0 saturated heterocycles. The minimum absolute atomic E-state index is 0.0649. The van der Waals surface area contributed by atoms with E-state index < -0.39 is 6.04 Å². The number of nitriles is 1. The van der Waals surface area contributed by atoms with Crippen LogP contribution in [0.1, 0.15) is 31.2 Å². The Hall–Kier alpha value is -1.34. The highest BCUT2D eigenvalue weighted by Crippen LogP contribution is 2.18. The molecule has 0 spiro atoms. The molecule has 0 aromatic carbocycles. The Morgan fingerprint density at radius 1 is 1.67 bits per heavy atom. The zero-order chi connectivity index (χ0) is 11.3. The van der Waals surface area contributed by atoms with Crippen LogP contribution in [0.3, 0.4) is 0 Å². The zero-order valence-electron chi connectivity index (χ0n) is 8.86. The molecule has 1 rings (SSSR count). The van der Waals surface area contributed by atoms with Gasteiger partial charge in [-0.3, -0.25) is 4.79 Å². The summed E-state index contributed by atoms with van der Waals surface area (Å²) in [5.41, 5.74) is 0. The van der Waals surface area contributed by atoms with E-state index in [1.54, 1.807) is 0 Å². The molecule has 0 aliphatic carbocycles. The van der Waals surface area contributed by atoms with Gasteiger partial charge in [-0.05, 0) is 17.4 Å². The van der Waals surface area contributed by atoms with Crippen molar-refractivity contribution in [1.82, 2.24) is 5.32 Å². The Morgan fingerprint density at radius 3 is 2.87 bits per heavy atom. The van der Waals surface area contributed by atoms with Gasteiger partial charge in [-0.15, -0.1) is 11.3 Å². The molecule has 15 heavy (non-hydrogen) atoms. The molecule has 1 aromatic heterocycles. The Bertz CT molecular complexity index is 351. The minimum Gasteiger partial charge on any atom is -0.336 e. The molecule has 0 aliphatic heterocycles. The smallest absolute Gasteiger partial charge is 0.221 e. The molecule has 1 N–H and O–H groups in total. The molecule has 4 heteroatoms. The first kappa shape index (κ1) is 11.7. The van der Waals surface area contributed by atoms with Gasteiger partial charge in [0, 0.05) is 11.3 Å². The van der Waals surface area contributed by atoms with E-state index in [0.717, 1.165) is 4.88 Å². The van der Waals surface area contributed by atoms with Gasteiger partial charge in [0.1, 0.15) is 0 Å². The molecular formula is C11H14N2OS. The number of carbonyl (C=O) groups is 1. The maximum Gasteiger partial charge on any atom is 0.221 e. The number of hydrogen-bond donors (Lipinski definition) is 1. The lowest BCUT2D eigenvalue weighted by Gasteiger charge is -2.10. The number of nitrogens with one attached hydrogen (secondary N) is 1. The Labute approximate surface area is 93.7 Å². The van der Waals surface area contributed by atoms with E-state index >= 15 is 0 Å². The van der Waals surface area contributed by atoms with Crippen molar-refractivity contribution in [2.45, 2.75) is 26.3 Å². The number of amides is 1. The van der Waals surface area contributed by atoms with Crippen LogP contribution < -0.4 is 5.32 Å². The highest BCUT2D eigenvalue weighted by atomic mass is 32.1. The van der Waals surface area contributed by atoms with Crippen LogP contribution in [-0.2, 0) is 4.79 Å². The summed E-state index contributed by atoms with van der Waals surface area (Å²) in [5.74, 6) is 0.248. The van der Waals surface area contributed by atoms with Gasteiger partial charge in [0.2, 0.25) is 5.91 Å². The van der Waals surface area contributed by atoms with Crippen molar-refractivity contribution in [3.8, 4) is 6.07 Å². The van der Waals surface area contributed by atoms with Crippen LogP contribution in [-0.4, -0.2) is 5.91 Å². The van der Waals surface area contributed by atoms with Gasteiger partial charge < -0.3 is 5.32 Å². The number of thiophene rings is 1. The van der Waals surface area contributed by atoms with Crippen LogP contribution in [0.5, 0.6) is 0 Å². The predicted molar refractivity (Wildman–Crippen MR) is 60.3 cm³/mol. The van der Waals surface area contributed by atoms with Crippen LogP contribution in [0.15, 0.2) is 17.5 Å². The van der Waals surface area contributed by atoms with Gasteiger partial charge in [0.25, 0.3) is 0 Å². The van der Waals surface area contributed by atoms with E-state index in [0.29, 0.717) is 12.3 Å². The maximum absolute atomic E-state index is 11.5. The first-order chi connectivity index (χ1) is 7.13. The molecule has 0 radical (unpaired) electrons. The van der Waals surface area contributed by atoms with E-state index in [-0.39, 0.29) is 5.91 Å². The summed E-state index contributed by atoms with van der Waals surface area (Å²) in [6.45, 7) is 3.96. The summed E-state index contributed by atoms with van der Waals surface area (Å²) in [6, 6.07) is 5.31. The molecule has 0 fully saturated rings. The second-order valence-corrected chi connectivity index (χ2v) is 4.72. The van der Waals surface area contributed by atoms with E-state index in [2.05, 4.69) is 11.4 Å². The van der Waals surface area contributed by atoms with Crippen molar-refractivity contribution in [2.24, 2.45) is 5.92 Å². The quantitative estimate of drug-likeness (QED) is 0.850. The number of rotatable bonds is 4. The SMILES string of the molecule is CC(C)CC(=O)NC(C#N)c1cccs1. The van der Waals surface area contributed by atoms with Crippen LogP contribution in [0.4, 0.5) is 0 Å². The minimum atomic E-state index is -0.503. The van der Waals surface area contributed by atoms with Gasteiger partial charge >= 0.3 is 0 Å². The van der Waals surface area contributed by atoms with Crippen molar-refractivity contribution >= 4 is 17.2 Å². The first-order valence-electron chi connectivity index (χ1n) is 4.86. The summed E-state index contributed by atoms with van der Waals surface area (Å²) >= 11 is 1.48. The molecule has 3 nitrogen and oxygen atoms in total. The fourth-order valence-corrected chi connectivity index (χ4v) is 1.93. The largest absolute Gasteiger partial charge is 0.336 e. The molecule has 1 heterocycles. The highest BCUT2D eigenvalue weighted by Gasteiger charge is 2.14. The van der Waals surface area contributed by atoms with Crippen molar-refractivity contribution in [1.29, 1.82) is 5.26 Å². The van der Waals surface area contributed by atoms with E-state index in [9.17, 15) is 4.79 Å². The summed E-state index contributed by atoms with van der Waals surface area (Å²) < 4.78 is 0. The lowest BCUT2D eigenvalue weighted by Crippen LogP contribution is -2.27. The molecular weight excluding hydrogens is 208 g/mol. The summed E-state index contributed by atoms with van der Waals surface area (Å²) in [5, 5.41) is 13.5. The van der Waals surface area contributed by atoms with E-state index in [1.165, 1.54) is 11.3 Å². The Kier molecular flexibility index (Phi) is 4.32. The Balaban J connectivity index is 2.56. The lowest BCUT2D eigenvalue weighted by atomic mass is 10.1. The maximum atomic E-state index is 11.5. The van der Waals surface area contributed by atoms with E-state index in [1.807, 2.05) is 31.4 Å². The third-order valence-corrected chi connectivity index (χ3v) is 2.79. The Morgan fingerprint density at radius 2 is 2.40 bits per heavy atom. The molecule has 80 valence electrons. The second kappa shape index (κ2) is 5.52. The zero-order valence-corrected chi connectivity index (χ0v) is 9.67. The van der Waals surface area contributed by atoms with Gasteiger partial charge in [0.05, 0.1) is 6.07 Å². The normalized spacial score (nSPS) is 12.1. The first-order valence-corrected chi connectivity index (χ1v) is 5.74. The summed E-state index contributed by atoms with van der Waals surface area (Å²) in [7, 11) is 0. The standard InChI is InChI=1S/C11H14N2OS/c1-8(2)6-11(14)13-9(7-12)10-4-3-5-15-10/h3-5,8-9H,6H2,1-2H3,(H,13,14). The fourth-order valence-electron chi connectivity index (χ4n) is 1.21. The molecule has 1 aromatic rings. The number of carbonyl (C=O) groups excluding carboxylic acids is 1. The highest BCUT2D eigenvalue weighted by molar-refractivity contribution is 7.10. The van der Waals surface area contributed by atoms with Crippen LogP contribution in [0.2, 0.25) is 0 Å². The van der Waals surface area contributed by atoms with Gasteiger partial charge in [-0.1, -0.05) is 19.9 Å². The number of nitrogens with zero attached hydrogens (tertiary/aromatic N) is 1. The number of hydrogen-bond acceptors (Lipinski definition) is 3. The molecule has 1 atom stereocenters. The monoisotopic (exact) mass is 222 g/mol. The van der Waals surface area contributed by atoms with Crippen molar-refractivity contribution in [3.63, 3.8) is 0 Å². The average Bonchev–Trinajstić information content (AvgIpc) is 2.65. The van der Waals surface area contributed by atoms with Gasteiger partial charge in [0.15, 0.2) is 6.04 Å². The van der Waals surface area contributed by atoms with Crippen molar-refractivity contribution < 1.29 is 4.79 Å². The topological polar surface area (TPSA) is 52.9 Å². The second-order valence-electron chi connectivity index (χ2n) is 3.74. The van der Waals surface area contributed by atoms with Crippen LogP contribution >= 0.6 is 11.3 Å². The van der Waals surface area contributed by atoms with Crippen LogP contribution in [0.25, 0.3) is 0 Å². The fraction of sp³-hybridized carbons (Fsp3) is 0.455. The predicted octanol–water partition coefficient (Wildman–Crippen LogP) is 2.48. The van der Waals surface area contributed by atoms with Gasteiger partial charge in [-0.25, -0.2) is 0 Å². The summed E-state index contributed by atoms with van der Waals surface area (Å²) in [6.07, 6.45) is 0.462. The van der Waals surface area contributed by atoms with Crippen molar-refractivity contribution in [3.05, 3.63) is 22.4 Å². The van der Waals surface area contributed by atoms with Crippen molar-refractivity contribution in [2.75, 3.05) is 0 Å². The summed E-state index contributed by atoms with van der Waals surface area (Å²) in [4.78, 5) is 12.3. The third kappa shape index (κ3) is 3.72. The van der Waals surface area contributed by atoms with Gasteiger partial charge in [-0.2, -0.15) is 5.26 Å². The molecule has 1 amide bonds. The van der Waals surface area contributed by atoms with Crippen LogP contribution in [0, 0.1) is 17.2 Å². The molecule has 0 saturated carbocycles. The third-order valence-electron chi connectivity index (χ3n) is 1.86.